The van der Waals surface area contributed by atoms with E-state index in [9.17, 15) is 4.39 Å². The molecule has 2 aromatic rings. The SMILES string of the molecule is C#CC/C1=C(\C)Sc2ccccc2C(c2cccc(F)c2)=NC1. The number of nitrogens with zero attached hydrogens (tertiary/aromatic N) is 1. The highest BCUT2D eigenvalue weighted by atomic mass is 32.2. The molecule has 0 N–H and O–H groups in total. The molecule has 0 amide bonds. The van der Waals surface area contributed by atoms with Crippen LogP contribution in [0.15, 0.2) is 68.9 Å². The molecular formula is C20H16FNS. The van der Waals surface area contributed by atoms with Crippen LogP contribution in [-0.4, -0.2) is 12.3 Å². The molecule has 23 heavy (non-hydrogen) atoms. The Morgan fingerprint density at radius 2 is 2.04 bits per heavy atom. The van der Waals surface area contributed by atoms with E-state index in [0.29, 0.717) is 13.0 Å². The Bertz CT molecular complexity index is 843. The van der Waals surface area contributed by atoms with Crippen molar-refractivity contribution in [3.63, 3.8) is 0 Å². The summed E-state index contributed by atoms with van der Waals surface area (Å²) in [6.07, 6.45) is 6.06. The lowest BCUT2D eigenvalue weighted by Crippen LogP contribution is -2.09. The van der Waals surface area contributed by atoms with Crippen LogP contribution in [0.5, 0.6) is 0 Å². The summed E-state index contributed by atoms with van der Waals surface area (Å²) < 4.78 is 13.6. The number of hydrogen-bond donors (Lipinski definition) is 0. The van der Waals surface area contributed by atoms with Gasteiger partial charge in [0.05, 0.1) is 12.3 Å². The molecule has 114 valence electrons. The van der Waals surface area contributed by atoms with Gasteiger partial charge in [-0.15, -0.1) is 12.3 Å². The summed E-state index contributed by atoms with van der Waals surface area (Å²) in [4.78, 5) is 7.07. The highest BCUT2D eigenvalue weighted by Crippen LogP contribution is 2.35. The molecule has 3 heteroatoms. The molecule has 0 saturated heterocycles. The van der Waals surface area contributed by atoms with Gasteiger partial charge in [0.2, 0.25) is 0 Å². The fourth-order valence-electron chi connectivity index (χ4n) is 2.55. The van der Waals surface area contributed by atoms with Gasteiger partial charge in [0.1, 0.15) is 5.82 Å². The topological polar surface area (TPSA) is 12.4 Å². The molecule has 1 heterocycles. The van der Waals surface area contributed by atoms with Crippen LogP contribution in [0.25, 0.3) is 0 Å². The summed E-state index contributed by atoms with van der Waals surface area (Å²) in [6.45, 7) is 2.63. The Kier molecular flexibility index (Phi) is 4.64. The summed E-state index contributed by atoms with van der Waals surface area (Å²) in [7, 11) is 0. The Labute approximate surface area is 140 Å². The van der Waals surface area contributed by atoms with E-state index in [1.807, 2.05) is 24.3 Å². The number of terminal acetylenes is 1. The quantitative estimate of drug-likeness (QED) is 0.704. The van der Waals surface area contributed by atoms with Crippen LogP contribution in [0.3, 0.4) is 0 Å². The molecule has 1 nitrogen and oxygen atoms in total. The van der Waals surface area contributed by atoms with Gasteiger partial charge in [-0.3, -0.25) is 4.99 Å². The molecule has 2 aromatic carbocycles. The van der Waals surface area contributed by atoms with Gasteiger partial charge >= 0.3 is 0 Å². The summed E-state index contributed by atoms with van der Waals surface area (Å²) >= 11 is 1.71. The lowest BCUT2D eigenvalue weighted by Gasteiger charge is -2.18. The Hall–Kier alpha value is -2.31. The molecular weight excluding hydrogens is 305 g/mol. The van der Waals surface area contributed by atoms with Crippen molar-refractivity contribution in [1.29, 1.82) is 0 Å². The third-order valence-corrected chi connectivity index (χ3v) is 4.92. The van der Waals surface area contributed by atoms with E-state index in [-0.39, 0.29) is 5.82 Å². The largest absolute Gasteiger partial charge is 0.280 e. The van der Waals surface area contributed by atoms with E-state index < -0.39 is 0 Å². The molecule has 1 aliphatic rings. The summed E-state index contributed by atoms with van der Waals surface area (Å²) in [5.74, 6) is 2.45. The first-order valence-electron chi connectivity index (χ1n) is 7.39. The van der Waals surface area contributed by atoms with Crippen molar-refractivity contribution in [2.24, 2.45) is 4.99 Å². The van der Waals surface area contributed by atoms with Gasteiger partial charge in [-0.05, 0) is 35.6 Å². The maximum absolute atomic E-state index is 13.6. The van der Waals surface area contributed by atoms with Crippen molar-refractivity contribution < 1.29 is 4.39 Å². The summed E-state index contributed by atoms with van der Waals surface area (Å²) in [5, 5.41) is 0. The van der Waals surface area contributed by atoms with Crippen molar-refractivity contribution in [3.05, 3.63) is 76.0 Å². The predicted molar refractivity (Wildman–Crippen MR) is 95.4 cm³/mol. The Morgan fingerprint density at radius 1 is 1.22 bits per heavy atom. The minimum absolute atomic E-state index is 0.257. The maximum Gasteiger partial charge on any atom is 0.123 e. The monoisotopic (exact) mass is 321 g/mol. The first kappa shape index (κ1) is 15.6. The average molecular weight is 321 g/mol. The molecule has 0 aliphatic carbocycles. The van der Waals surface area contributed by atoms with Gasteiger partial charge in [-0.1, -0.05) is 42.1 Å². The van der Waals surface area contributed by atoms with Gasteiger partial charge in [0.15, 0.2) is 0 Å². The zero-order valence-electron chi connectivity index (χ0n) is 12.8. The highest BCUT2D eigenvalue weighted by Gasteiger charge is 2.17. The van der Waals surface area contributed by atoms with E-state index in [1.165, 1.54) is 17.0 Å². The van der Waals surface area contributed by atoms with Crippen molar-refractivity contribution in [2.75, 3.05) is 6.54 Å². The van der Waals surface area contributed by atoms with E-state index in [0.717, 1.165) is 27.3 Å². The lowest BCUT2D eigenvalue weighted by atomic mass is 10.0. The van der Waals surface area contributed by atoms with Crippen LogP contribution in [-0.2, 0) is 0 Å². The minimum atomic E-state index is -0.257. The molecule has 0 atom stereocenters. The molecule has 0 unspecified atom stereocenters. The minimum Gasteiger partial charge on any atom is -0.280 e. The van der Waals surface area contributed by atoms with Crippen LogP contribution in [0, 0.1) is 18.2 Å². The smallest absolute Gasteiger partial charge is 0.123 e. The molecule has 3 rings (SSSR count). The third kappa shape index (κ3) is 3.38. The molecule has 0 saturated carbocycles. The summed E-state index contributed by atoms with van der Waals surface area (Å²) in [6, 6.07) is 14.7. The first-order chi connectivity index (χ1) is 11.2. The van der Waals surface area contributed by atoms with Crippen molar-refractivity contribution in [1.82, 2.24) is 0 Å². The Balaban J connectivity index is 2.16. The number of rotatable bonds is 2. The normalized spacial score (nSPS) is 17.5. The third-order valence-electron chi connectivity index (χ3n) is 3.74. The second kappa shape index (κ2) is 6.85. The van der Waals surface area contributed by atoms with Gasteiger partial charge in [0.25, 0.3) is 0 Å². The molecule has 0 spiro atoms. The van der Waals surface area contributed by atoms with Crippen molar-refractivity contribution in [3.8, 4) is 12.3 Å². The standard InChI is InChI=1S/C20H16FNS/c1-3-7-16-13-22-20(15-8-6-9-17(21)12-15)18-10-4-5-11-19(18)23-14(16)2/h1,4-6,8-12H,7,13H2,2H3/b16-14-,22-20?. The van der Waals surface area contributed by atoms with Gasteiger partial charge in [-0.25, -0.2) is 4.39 Å². The molecule has 0 aromatic heterocycles. The number of aliphatic imine (C=N–C) groups is 1. The van der Waals surface area contributed by atoms with Crippen molar-refractivity contribution >= 4 is 17.5 Å². The Morgan fingerprint density at radius 3 is 2.83 bits per heavy atom. The van der Waals surface area contributed by atoms with Crippen molar-refractivity contribution in [2.45, 2.75) is 18.2 Å². The number of benzene rings is 2. The molecule has 1 aliphatic heterocycles. The van der Waals surface area contributed by atoms with Crippen LogP contribution in [0.4, 0.5) is 4.39 Å². The zero-order chi connectivity index (χ0) is 16.2. The number of allylic oxidation sites excluding steroid dienone is 1. The van der Waals surface area contributed by atoms with Gasteiger partial charge in [0, 0.05) is 22.4 Å². The second-order valence-electron chi connectivity index (χ2n) is 5.31. The van der Waals surface area contributed by atoms with Crippen LogP contribution >= 0.6 is 11.8 Å². The van der Waals surface area contributed by atoms with E-state index in [1.54, 1.807) is 17.8 Å². The number of halogens is 1. The number of thioether (sulfide) groups is 1. The van der Waals surface area contributed by atoms with Crippen LogP contribution < -0.4 is 0 Å². The van der Waals surface area contributed by atoms with Gasteiger partial charge < -0.3 is 0 Å². The average Bonchev–Trinajstić information content (AvgIpc) is 2.54. The lowest BCUT2D eigenvalue weighted by molar-refractivity contribution is 0.627. The number of hydrogen-bond acceptors (Lipinski definition) is 2. The van der Waals surface area contributed by atoms with Gasteiger partial charge in [-0.2, -0.15) is 0 Å². The second-order valence-corrected chi connectivity index (χ2v) is 6.57. The molecule has 0 fully saturated rings. The fourth-order valence-corrected chi connectivity index (χ4v) is 3.58. The molecule has 0 bridgehead atoms. The number of fused-ring (bicyclic) bond motifs is 1. The predicted octanol–water partition coefficient (Wildman–Crippen LogP) is 5.07. The fraction of sp³-hybridized carbons (Fsp3) is 0.150. The van der Waals surface area contributed by atoms with E-state index in [4.69, 9.17) is 11.4 Å². The van der Waals surface area contributed by atoms with E-state index in [2.05, 4.69) is 18.9 Å². The highest BCUT2D eigenvalue weighted by molar-refractivity contribution is 8.03. The summed E-state index contributed by atoms with van der Waals surface area (Å²) in [5.41, 5.74) is 3.77. The zero-order valence-corrected chi connectivity index (χ0v) is 13.7. The van der Waals surface area contributed by atoms with Crippen LogP contribution in [0.2, 0.25) is 0 Å². The van der Waals surface area contributed by atoms with Crippen LogP contribution in [0.1, 0.15) is 24.5 Å². The first-order valence-corrected chi connectivity index (χ1v) is 8.20. The maximum atomic E-state index is 13.6. The van der Waals surface area contributed by atoms with E-state index >= 15 is 0 Å². The molecule has 0 radical (unpaired) electrons.